The average molecular weight is 245 g/mol. The Balaban J connectivity index is 2.36. The van der Waals surface area contributed by atoms with Gasteiger partial charge in [-0.2, -0.15) is 11.8 Å². The number of amides is 1. The van der Waals surface area contributed by atoms with Crippen LogP contribution in [-0.4, -0.2) is 47.1 Å². The second-order valence-corrected chi connectivity index (χ2v) is 6.55. The smallest absolute Gasteiger partial charge is 0.248 e. The van der Waals surface area contributed by atoms with E-state index in [4.69, 9.17) is 4.74 Å². The molecule has 16 heavy (non-hydrogen) atoms. The number of carbonyl (C=O) groups excluding carboxylic acids is 1. The molecule has 94 valence electrons. The third kappa shape index (κ3) is 4.74. The fraction of sp³-hybridized carbons (Fsp3) is 0.917. The Hall–Kier alpha value is -0.220. The van der Waals surface area contributed by atoms with Crippen LogP contribution in [0, 0.1) is 0 Å². The first kappa shape index (κ1) is 13.8. The minimum atomic E-state index is -0.232. The first-order chi connectivity index (χ1) is 7.42. The Morgan fingerprint density at radius 3 is 2.75 bits per heavy atom. The fourth-order valence-electron chi connectivity index (χ4n) is 1.56. The maximum atomic E-state index is 11.9. The van der Waals surface area contributed by atoms with Gasteiger partial charge in [-0.1, -0.05) is 6.92 Å². The van der Waals surface area contributed by atoms with E-state index in [9.17, 15) is 4.79 Å². The highest BCUT2D eigenvalue weighted by molar-refractivity contribution is 8.00. The summed E-state index contributed by atoms with van der Waals surface area (Å²) in [5.74, 6) is 1.19. The topological polar surface area (TPSA) is 29.5 Å². The third-order valence-corrected chi connectivity index (χ3v) is 3.95. The molecule has 1 fully saturated rings. The minimum absolute atomic E-state index is 0.133. The van der Waals surface area contributed by atoms with Crippen LogP contribution in [0.3, 0.4) is 0 Å². The van der Waals surface area contributed by atoms with Crippen LogP contribution in [0.25, 0.3) is 0 Å². The van der Waals surface area contributed by atoms with E-state index in [-0.39, 0.29) is 18.1 Å². The van der Waals surface area contributed by atoms with Crippen LogP contribution in [0.1, 0.15) is 34.1 Å². The monoisotopic (exact) mass is 245 g/mol. The summed E-state index contributed by atoms with van der Waals surface area (Å²) in [4.78, 5) is 13.8. The molecule has 0 radical (unpaired) electrons. The summed E-state index contributed by atoms with van der Waals surface area (Å²) in [5, 5.41) is 0.604. The predicted octanol–water partition coefficient (Wildman–Crippen LogP) is 2.16. The zero-order valence-corrected chi connectivity index (χ0v) is 11.6. The Morgan fingerprint density at radius 2 is 2.19 bits per heavy atom. The van der Waals surface area contributed by atoms with Gasteiger partial charge < -0.3 is 9.64 Å². The maximum absolute atomic E-state index is 11.9. The highest BCUT2D eigenvalue weighted by atomic mass is 32.2. The van der Waals surface area contributed by atoms with Crippen molar-refractivity contribution >= 4 is 17.7 Å². The molecule has 1 atom stereocenters. The third-order valence-electron chi connectivity index (χ3n) is 2.58. The quantitative estimate of drug-likeness (QED) is 0.763. The molecule has 0 aromatic carbocycles. The van der Waals surface area contributed by atoms with Crippen LogP contribution in [0.5, 0.6) is 0 Å². The standard InChI is InChI=1S/C12H23NO2S/c1-5-10-8-13(6-7-16-10)11(14)9-15-12(2,3)4/h10H,5-9H2,1-4H3. The average Bonchev–Trinajstić information content (AvgIpc) is 2.25. The minimum Gasteiger partial charge on any atom is -0.366 e. The maximum Gasteiger partial charge on any atom is 0.248 e. The van der Waals surface area contributed by atoms with Gasteiger partial charge >= 0.3 is 0 Å². The molecule has 4 heteroatoms. The summed E-state index contributed by atoms with van der Waals surface area (Å²) in [7, 11) is 0. The van der Waals surface area contributed by atoms with Crippen LogP contribution in [0.4, 0.5) is 0 Å². The van der Waals surface area contributed by atoms with Crippen molar-refractivity contribution in [1.29, 1.82) is 0 Å². The van der Waals surface area contributed by atoms with Crippen LogP contribution in [0.15, 0.2) is 0 Å². The van der Waals surface area contributed by atoms with Crippen molar-refractivity contribution in [2.45, 2.75) is 45.0 Å². The van der Waals surface area contributed by atoms with Crippen LogP contribution in [-0.2, 0) is 9.53 Å². The van der Waals surface area contributed by atoms with E-state index in [2.05, 4.69) is 6.92 Å². The van der Waals surface area contributed by atoms with Crippen molar-refractivity contribution in [2.75, 3.05) is 25.4 Å². The largest absolute Gasteiger partial charge is 0.366 e. The van der Waals surface area contributed by atoms with Gasteiger partial charge in [-0.25, -0.2) is 0 Å². The molecule has 0 aliphatic carbocycles. The van der Waals surface area contributed by atoms with Gasteiger partial charge in [0.15, 0.2) is 0 Å². The number of nitrogens with zero attached hydrogens (tertiary/aromatic N) is 1. The fourth-order valence-corrected chi connectivity index (χ4v) is 2.74. The van der Waals surface area contributed by atoms with Crippen molar-refractivity contribution < 1.29 is 9.53 Å². The molecule has 0 aromatic heterocycles. The summed E-state index contributed by atoms with van der Waals surface area (Å²) in [6, 6.07) is 0. The van der Waals surface area contributed by atoms with Crippen molar-refractivity contribution in [3.05, 3.63) is 0 Å². The summed E-state index contributed by atoms with van der Waals surface area (Å²) < 4.78 is 5.52. The van der Waals surface area contributed by atoms with Gasteiger partial charge in [0.05, 0.1) is 5.60 Å². The summed E-state index contributed by atoms with van der Waals surface area (Å²) in [6.45, 7) is 10.1. The zero-order chi connectivity index (χ0) is 12.2. The SMILES string of the molecule is CCC1CN(C(=O)COC(C)(C)C)CCS1. The van der Waals surface area contributed by atoms with E-state index >= 15 is 0 Å². The van der Waals surface area contributed by atoms with Gasteiger partial charge in [-0.05, 0) is 27.2 Å². The highest BCUT2D eigenvalue weighted by Gasteiger charge is 2.24. The van der Waals surface area contributed by atoms with Gasteiger partial charge in [0.1, 0.15) is 6.61 Å². The van der Waals surface area contributed by atoms with Crippen molar-refractivity contribution in [1.82, 2.24) is 4.90 Å². The summed E-state index contributed by atoms with van der Waals surface area (Å²) in [6.07, 6.45) is 1.13. The Morgan fingerprint density at radius 1 is 1.50 bits per heavy atom. The lowest BCUT2D eigenvalue weighted by atomic mass is 10.2. The Kier molecular flexibility index (Phi) is 5.12. The van der Waals surface area contributed by atoms with E-state index in [1.165, 1.54) is 0 Å². The number of thioether (sulfide) groups is 1. The Bertz CT molecular complexity index is 238. The lowest BCUT2D eigenvalue weighted by Gasteiger charge is -2.32. The van der Waals surface area contributed by atoms with Gasteiger partial charge in [0, 0.05) is 24.1 Å². The van der Waals surface area contributed by atoms with Crippen LogP contribution < -0.4 is 0 Å². The van der Waals surface area contributed by atoms with E-state index in [0.717, 1.165) is 25.3 Å². The number of hydrogen-bond donors (Lipinski definition) is 0. The Labute approximate surface area is 103 Å². The first-order valence-corrected chi connectivity index (χ1v) is 7.00. The summed E-state index contributed by atoms with van der Waals surface area (Å²) in [5.41, 5.74) is -0.232. The molecular formula is C12H23NO2S. The first-order valence-electron chi connectivity index (χ1n) is 5.95. The van der Waals surface area contributed by atoms with E-state index in [0.29, 0.717) is 5.25 Å². The molecule has 1 aliphatic rings. The molecule has 1 heterocycles. The number of ether oxygens (including phenoxy) is 1. The molecule has 0 bridgehead atoms. The highest BCUT2D eigenvalue weighted by Crippen LogP contribution is 2.21. The molecule has 0 saturated carbocycles. The number of carbonyl (C=O) groups is 1. The molecule has 1 amide bonds. The zero-order valence-electron chi connectivity index (χ0n) is 10.8. The van der Waals surface area contributed by atoms with E-state index in [1.807, 2.05) is 37.4 Å². The molecule has 0 spiro atoms. The second-order valence-electron chi connectivity index (χ2n) is 5.14. The molecule has 1 unspecified atom stereocenters. The van der Waals surface area contributed by atoms with Crippen LogP contribution >= 0.6 is 11.8 Å². The number of rotatable bonds is 3. The van der Waals surface area contributed by atoms with Crippen molar-refractivity contribution in [3.63, 3.8) is 0 Å². The van der Waals surface area contributed by atoms with Gasteiger partial charge in [-0.15, -0.1) is 0 Å². The molecule has 3 nitrogen and oxygen atoms in total. The predicted molar refractivity (Wildman–Crippen MR) is 68.8 cm³/mol. The second kappa shape index (κ2) is 5.92. The molecule has 1 rings (SSSR count). The normalized spacial score (nSPS) is 22.2. The molecule has 1 saturated heterocycles. The lowest BCUT2D eigenvalue weighted by Crippen LogP contribution is -2.44. The molecule has 0 aromatic rings. The van der Waals surface area contributed by atoms with Gasteiger partial charge in [-0.3, -0.25) is 4.79 Å². The van der Waals surface area contributed by atoms with E-state index < -0.39 is 0 Å². The lowest BCUT2D eigenvalue weighted by molar-refractivity contribution is -0.140. The number of hydrogen-bond acceptors (Lipinski definition) is 3. The summed E-state index contributed by atoms with van der Waals surface area (Å²) >= 11 is 1.97. The van der Waals surface area contributed by atoms with Gasteiger partial charge in [0.2, 0.25) is 5.91 Å². The van der Waals surface area contributed by atoms with Gasteiger partial charge in [0.25, 0.3) is 0 Å². The molecule has 1 aliphatic heterocycles. The molecular weight excluding hydrogens is 222 g/mol. The molecule has 0 N–H and O–H groups in total. The van der Waals surface area contributed by atoms with Crippen molar-refractivity contribution in [3.8, 4) is 0 Å². The van der Waals surface area contributed by atoms with Crippen LogP contribution in [0.2, 0.25) is 0 Å². The van der Waals surface area contributed by atoms with E-state index in [1.54, 1.807) is 0 Å². The van der Waals surface area contributed by atoms with Crippen molar-refractivity contribution in [2.24, 2.45) is 0 Å².